The van der Waals surface area contributed by atoms with Gasteiger partial charge in [0, 0.05) is 6.42 Å². The minimum absolute atomic E-state index is 0.0206. The van der Waals surface area contributed by atoms with Crippen LogP contribution in [-0.2, 0) is 17.8 Å². The average Bonchev–Trinajstić information content (AvgIpc) is 2.47. The fourth-order valence-corrected chi connectivity index (χ4v) is 2.90. The van der Waals surface area contributed by atoms with Gasteiger partial charge in [0.2, 0.25) is 0 Å². The van der Waals surface area contributed by atoms with Crippen molar-refractivity contribution in [3.8, 4) is 0 Å². The van der Waals surface area contributed by atoms with Crippen molar-refractivity contribution in [2.75, 3.05) is 6.26 Å². The summed E-state index contributed by atoms with van der Waals surface area (Å²) in [7, 11) is 0. The van der Waals surface area contributed by atoms with Gasteiger partial charge in [-0.3, -0.25) is 4.79 Å². The fourth-order valence-electron chi connectivity index (χ4n) is 2.50. The average molecular weight is 288 g/mol. The van der Waals surface area contributed by atoms with Gasteiger partial charge < -0.3 is 9.72 Å². The van der Waals surface area contributed by atoms with E-state index in [4.69, 9.17) is 4.74 Å². The lowest BCUT2D eigenvalue weighted by molar-refractivity contribution is 0.0243. The number of hydrogen-bond donors (Lipinski definition) is 1. The van der Waals surface area contributed by atoms with Crippen LogP contribution >= 0.6 is 11.8 Å². The fraction of sp³-hybridized carbons (Fsp3) is 0.333. The van der Waals surface area contributed by atoms with Crippen molar-refractivity contribution in [1.29, 1.82) is 0 Å². The second-order valence-corrected chi connectivity index (χ2v) is 5.66. The molecule has 0 amide bonds. The van der Waals surface area contributed by atoms with Gasteiger partial charge in [0.05, 0.1) is 24.0 Å². The molecule has 1 aromatic carbocycles. The molecule has 1 N–H and O–H groups in total. The van der Waals surface area contributed by atoms with Gasteiger partial charge in [0.25, 0.3) is 5.56 Å². The Morgan fingerprint density at radius 1 is 1.40 bits per heavy atom. The number of benzene rings is 1. The van der Waals surface area contributed by atoms with Crippen LogP contribution < -0.4 is 5.56 Å². The van der Waals surface area contributed by atoms with Gasteiger partial charge in [-0.2, -0.15) is 0 Å². The first kappa shape index (κ1) is 13.4. The predicted octanol–water partition coefficient (Wildman–Crippen LogP) is 2.61. The molecular weight excluding hydrogens is 272 g/mol. The number of ether oxygens (including phenoxy) is 1. The standard InChI is InChI=1S/C15H16N2O2S/c1-9-5-3-4-6-10(9)13-7-12-11(8-19-13)14(18)17-15(16-12)20-2/h3-6,13H,7-8H2,1-2H3,(H,16,17,18). The van der Waals surface area contributed by atoms with E-state index in [1.165, 1.54) is 22.9 Å². The summed E-state index contributed by atoms with van der Waals surface area (Å²) < 4.78 is 5.86. The Morgan fingerprint density at radius 2 is 2.20 bits per heavy atom. The number of fused-ring (bicyclic) bond motifs is 1. The van der Waals surface area contributed by atoms with E-state index in [-0.39, 0.29) is 11.7 Å². The molecule has 0 saturated heterocycles. The summed E-state index contributed by atoms with van der Waals surface area (Å²) in [5, 5.41) is 0.666. The minimum atomic E-state index is -0.0809. The van der Waals surface area contributed by atoms with E-state index < -0.39 is 0 Å². The molecule has 0 radical (unpaired) electrons. The number of aromatic nitrogens is 2. The molecule has 3 rings (SSSR count). The summed E-state index contributed by atoms with van der Waals surface area (Å²) >= 11 is 1.45. The molecule has 1 unspecified atom stereocenters. The number of thioether (sulfide) groups is 1. The van der Waals surface area contributed by atoms with Gasteiger partial charge >= 0.3 is 0 Å². The van der Waals surface area contributed by atoms with Crippen molar-refractivity contribution < 1.29 is 4.74 Å². The Kier molecular flexibility index (Phi) is 3.63. The summed E-state index contributed by atoms with van der Waals surface area (Å²) in [6, 6.07) is 8.19. The van der Waals surface area contributed by atoms with Gasteiger partial charge in [-0.25, -0.2) is 4.98 Å². The van der Waals surface area contributed by atoms with Crippen LogP contribution in [0.2, 0.25) is 0 Å². The van der Waals surface area contributed by atoms with E-state index in [0.29, 0.717) is 23.7 Å². The molecule has 1 atom stereocenters. The summed E-state index contributed by atoms with van der Waals surface area (Å²) in [6.07, 6.45) is 2.54. The lowest BCUT2D eigenvalue weighted by Gasteiger charge is -2.25. The number of nitrogens with zero attached hydrogens (tertiary/aromatic N) is 1. The number of hydrogen-bond acceptors (Lipinski definition) is 4. The first-order chi connectivity index (χ1) is 9.69. The largest absolute Gasteiger partial charge is 0.368 e. The maximum absolute atomic E-state index is 12.0. The maximum atomic E-state index is 12.0. The normalized spacial score (nSPS) is 17.8. The van der Waals surface area contributed by atoms with E-state index in [9.17, 15) is 4.79 Å². The van der Waals surface area contributed by atoms with Crippen molar-refractivity contribution in [3.05, 3.63) is 57.0 Å². The number of H-pyrrole nitrogens is 1. The number of aryl methyl sites for hydroxylation is 1. The second kappa shape index (κ2) is 5.42. The van der Waals surface area contributed by atoms with Crippen LogP contribution in [-0.4, -0.2) is 16.2 Å². The second-order valence-electron chi connectivity index (χ2n) is 4.86. The number of aromatic amines is 1. The lowest BCUT2D eigenvalue weighted by Crippen LogP contribution is -2.26. The highest BCUT2D eigenvalue weighted by atomic mass is 32.2. The van der Waals surface area contributed by atoms with E-state index in [0.717, 1.165) is 5.69 Å². The van der Waals surface area contributed by atoms with Crippen LogP contribution in [0.25, 0.3) is 0 Å². The summed E-state index contributed by atoms with van der Waals surface area (Å²) in [5.74, 6) is 0. The van der Waals surface area contributed by atoms with Crippen LogP contribution in [0.3, 0.4) is 0 Å². The number of rotatable bonds is 2. The molecule has 2 aromatic rings. The van der Waals surface area contributed by atoms with Crippen LogP contribution in [0.4, 0.5) is 0 Å². The van der Waals surface area contributed by atoms with E-state index in [1.54, 1.807) is 0 Å². The van der Waals surface area contributed by atoms with E-state index in [2.05, 4.69) is 29.0 Å². The van der Waals surface area contributed by atoms with Crippen molar-refractivity contribution >= 4 is 11.8 Å². The van der Waals surface area contributed by atoms with Crippen LogP contribution in [0.1, 0.15) is 28.5 Å². The first-order valence-corrected chi connectivity index (χ1v) is 7.74. The highest BCUT2D eigenvalue weighted by Crippen LogP contribution is 2.30. The zero-order chi connectivity index (χ0) is 14.1. The maximum Gasteiger partial charge on any atom is 0.257 e. The van der Waals surface area contributed by atoms with Gasteiger partial charge in [-0.05, 0) is 24.3 Å². The minimum Gasteiger partial charge on any atom is -0.368 e. The third kappa shape index (κ3) is 2.39. The SMILES string of the molecule is CSc1nc2c(c(=O)[nH]1)COC(c1ccccc1C)C2. The number of nitrogens with one attached hydrogen (secondary N) is 1. The van der Waals surface area contributed by atoms with Crippen LogP contribution in [0, 0.1) is 6.92 Å². The third-order valence-electron chi connectivity index (χ3n) is 3.62. The summed E-state index contributed by atoms with van der Waals surface area (Å²) in [4.78, 5) is 19.3. The van der Waals surface area contributed by atoms with Crippen LogP contribution in [0.5, 0.6) is 0 Å². The molecule has 4 nitrogen and oxygen atoms in total. The van der Waals surface area contributed by atoms with Crippen molar-refractivity contribution in [2.24, 2.45) is 0 Å². The monoisotopic (exact) mass is 288 g/mol. The summed E-state index contributed by atoms with van der Waals surface area (Å²) in [6.45, 7) is 2.40. The zero-order valence-corrected chi connectivity index (χ0v) is 12.3. The summed E-state index contributed by atoms with van der Waals surface area (Å²) in [5.41, 5.74) is 3.81. The van der Waals surface area contributed by atoms with E-state index >= 15 is 0 Å². The Balaban J connectivity index is 1.98. The van der Waals surface area contributed by atoms with Gasteiger partial charge in [-0.15, -0.1) is 0 Å². The Hall–Kier alpha value is -1.59. The smallest absolute Gasteiger partial charge is 0.257 e. The molecule has 5 heteroatoms. The zero-order valence-electron chi connectivity index (χ0n) is 11.5. The van der Waals surface area contributed by atoms with Crippen molar-refractivity contribution in [2.45, 2.75) is 31.2 Å². The highest BCUT2D eigenvalue weighted by molar-refractivity contribution is 7.98. The van der Waals surface area contributed by atoms with Crippen molar-refractivity contribution in [1.82, 2.24) is 9.97 Å². The molecule has 1 aromatic heterocycles. The third-order valence-corrected chi connectivity index (χ3v) is 4.20. The molecule has 0 saturated carbocycles. The van der Waals surface area contributed by atoms with Crippen molar-refractivity contribution in [3.63, 3.8) is 0 Å². The molecule has 1 aliphatic heterocycles. The molecule has 1 aliphatic rings. The quantitative estimate of drug-likeness (QED) is 0.682. The molecule has 2 heterocycles. The molecular formula is C15H16N2O2S. The molecule has 0 fully saturated rings. The Bertz CT molecular complexity index is 697. The Morgan fingerprint density at radius 3 is 2.95 bits per heavy atom. The molecule has 20 heavy (non-hydrogen) atoms. The van der Waals surface area contributed by atoms with E-state index in [1.807, 2.05) is 18.4 Å². The van der Waals surface area contributed by atoms with Gasteiger partial charge in [0.15, 0.2) is 5.16 Å². The molecule has 104 valence electrons. The predicted molar refractivity (Wildman–Crippen MR) is 79.1 cm³/mol. The molecule has 0 aliphatic carbocycles. The lowest BCUT2D eigenvalue weighted by atomic mass is 9.96. The van der Waals surface area contributed by atoms with Gasteiger partial charge in [-0.1, -0.05) is 36.0 Å². The topological polar surface area (TPSA) is 55.0 Å². The van der Waals surface area contributed by atoms with Crippen LogP contribution in [0.15, 0.2) is 34.2 Å². The Labute approximate surface area is 121 Å². The van der Waals surface area contributed by atoms with Gasteiger partial charge in [0.1, 0.15) is 0 Å². The molecule has 0 spiro atoms. The highest BCUT2D eigenvalue weighted by Gasteiger charge is 2.25. The first-order valence-electron chi connectivity index (χ1n) is 6.52. The molecule has 0 bridgehead atoms.